The zero-order valence-electron chi connectivity index (χ0n) is 17.5. The number of nitrogens with zero attached hydrogens (tertiary/aromatic N) is 2. The van der Waals surface area contributed by atoms with Gasteiger partial charge in [0.05, 0.1) is 11.6 Å². The van der Waals surface area contributed by atoms with E-state index in [1.807, 2.05) is 0 Å². The number of nitrogens with one attached hydrogen (secondary N) is 1. The fourth-order valence-corrected chi connectivity index (χ4v) is 4.63. The second-order valence-electron chi connectivity index (χ2n) is 8.24. The van der Waals surface area contributed by atoms with Crippen molar-refractivity contribution in [1.29, 1.82) is 0 Å². The van der Waals surface area contributed by atoms with E-state index in [1.54, 1.807) is 32.0 Å². The molecule has 3 aromatic rings. The first-order chi connectivity index (χ1) is 15.1. The highest BCUT2D eigenvalue weighted by atomic mass is 19.4. The molecule has 0 amide bonds. The molecule has 9 heteroatoms. The first-order valence-electron chi connectivity index (χ1n) is 10.4. The van der Waals surface area contributed by atoms with Crippen LogP contribution in [0.15, 0.2) is 36.5 Å². The number of aliphatic hydroxyl groups is 1. The van der Waals surface area contributed by atoms with Gasteiger partial charge < -0.3 is 15.5 Å². The standard InChI is InChI=1S/C23H23F4N3O2/c1-3-5-13-10-22(32,23(25,26)27)21(14-8-9-16(24)20(31)19(13)14)30-18-7-4-6-17-15(18)11-28-12(2)29-17/h4,6-9,11,13,21,30-32H,3,5,10H2,1-2H3/t13-,21+,22-/m1/s1. The van der Waals surface area contributed by atoms with Crippen molar-refractivity contribution >= 4 is 16.6 Å². The van der Waals surface area contributed by atoms with E-state index in [0.29, 0.717) is 28.8 Å². The molecule has 0 aliphatic heterocycles. The monoisotopic (exact) mass is 449 g/mol. The summed E-state index contributed by atoms with van der Waals surface area (Å²) in [6, 6.07) is 5.35. The van der Waals surface area contributed by atoms with Gasteiger partial charge in [-0.1, -0.05) is 25.5 Å². The van der Waals surface area contributed by atoms with Crippen molar-refractivity contribution in [3.8, 4) is 5.75 Å². The van der Waals surface area contributed by atoms with E-state index in [4.69, 9.17) is 0 Å². The van der Waals surface area contributed by atoms with Crippen LogP contribution in [0.25, 0.3) is 10.9 Å². The van der Waals surface area contributed by atoms with Crippen molar-refractivity contribution in [2.24, 2.45) is 0 Å². The second kappa shape index (κ2) is 7.88. The molecule has 0 fully saturated rings. The smallest absolute Gasteiger partial charge is 0.419 e. The number of aromatic nitrogens is 2. The maximum absolute atomic E-state index is 14.3. The topological polar surface area (TPSA) is 78.3 Å². The number of hydrogen-bond donors (Lipinski definition) is 3. The Hall–Kier alpha value is -2.94. The molecule has 0 radical (unpaired) electrons. The highest BCUT2D eigenvalue weighted by Crippen LogP contribution is 2.55. The Bertz CT molecular complexity index is 1170. The quantitative estimate of drug-likeness (QED) is 0.458. The third-order valence-electron chi connectivity index (χ3n) is 6.13. The van der Waals surface area contributed by atoms with Crippen LogP contribution >= 0.6 is 0 Å². The maximum Gasteiger partial charge on any atom is 0.419 e. The van der Waals surface area contributed by atoms with E-state index in [0.717, 1.165) is 6.07 Å². The summed E-state index contributed by atoms with van der Waals surface area (Å²) < 4.78 is 57.0. The number of hydrogen-bond acceptors (Lipinski definition) is 5. The molecule has 1 aromatic heterocycles. The average molecular weight is 449 g/mol. The molecule has 5 nitrogen and oxygen atoms in total. The van der Waals surface area contributed by atoms with Crippen molar-refractivity contribution in [1.82, 2.24) is 9.97 Å². The Kier molecular flexibility index (Phi) is 5.48. The molecule has 1 heterocycles. The molecule has 3 atom stereocenters. The van der Waals surface area contributed by atoms with E-state index in [-0.39, 0.29) is 17.5 Å². The van der Waals surface area contributed by atoms with Crippen LogP contribution in [0.1, 0.15) is 55.1 Å². The van der Waals surface area contributed by atoms with Crippen LogP contribution in [0.5, 0.6) is 5.75 Å². The SMILES string of the molecule is CCC[C@@H]1C[C@](O)(C(F)(F)F)[C@@H](Nc2cccc3nc(C)ncc23)c2ccc(F)c(O)c21. The normalized spacial score (nSPS) is 23.2. The molecular formula is C23H23F4N3O2. The minimum absolute atomic E-state index is 0.0125. The summed E-state index contributed by atoms with van der Waals surface area (Å²) >= 11 is 0. The number of aromatic hydroxyl groups is 1. The first kappa shape index (κ1) is 22.3. The predicted octanol–water partition coefficient (Wildman–Crippen LogP) is 5.52. The van der Waals surface area contributed by atoms with Gasteiger partial charge in [0.2, 0.25) is 0 Å². The molecule has 0 unspecified atom stereocenters. The lowest BCUT2D eigenvalue weighted by Crippen LogP contribution is -2.55. The molecular weight excluding hydrogens is 426 g/mol. The Labute approximate surface area is 182 Å². The first-order valence-corrected chi connectivity index (χ1v) is 10.4. The maximum atomic E-state index is 14.3. The zero-order chi connectivity index (χ0) is 23.3. The van der Waals surface area contributed by atoms with Gasteiger partial charge in [-0.3, -0.25) is 0 Å². The molecule has 0 spiro atoms. The summed E-state index contributed by atoms with van der Waals surface area (Å²) in [5, 5.41) is 24.8. The van der Waals surface area contributed by atoms with Crippen LogP contribution in [-0.2, 0) is 0 Å². The third-order valence-corrected chi connectivity index (χ3v) is 6.13. The number of alkyl halides is 3. The van der Waals surface area contributed by atoms with Crippen LogP contribution in [-0.4, -0.2) is 32.0 Å². The third kappa shape index (κ3) is 3.54. The van der Waals surface area contributed by atoms with Gasteiger partial charge in [-0.25, -0.2) is 14.4 Å². The fraction of sp³-hybridized carbons (Fsp3) is 0.391. The summed E-state index contributed by atoms with van der Waals surface area (Å²) in [6.07, 6.45) is -3.41. The number of rotatable bonds is 4. The van der Waals surface area contributed by atoms with E-state index < -0.39 is 41.7 Å². The van der Waals surface area contributed by atoms with Crippen molar-refractivity contribution in [2.75, 3.05) is 5.32 Å². The number of phenols is 1. The molecule has 1 aliphatic rings. The lowest BCUT2D eigenvalue weighted by molar-refractivity contribution is -0.273. The van der Waals surface area contributed by atoms with Crippen molar-refractivity contribution < 1.29 is 27.8 Å². The van der Waals surface area contributed by atoms with Crippen molar-refractivity contribution in [2.45, 2.75) is 56.8 Å². The largest absolute Gasteiger partial charge is 0.505 e. The number of phenolic OH excluding ortho intramolecular Hbond substituents is 1. The molecule has 0 bridgehead atoms. The number of fused-ring (bicyclic) bond motifs is 2. The Morgan fingerprint density at radius 2 is 1.97 bits per heavy atom. The summed E-state index contributed by atoms with van der Waals surface area (Å²) in [4.78, 5) is 8.42. The number of anilines is 1. The number of benzene rings is 2. The molecule has 4 rings (SSSR count). The lowest BCUT2D eigenvalue weighted by Gasteiger charge is -2.46. The molecule has 0 saturated heterocycles. The number of halogens is 4. The molecule has 0 saturated carbocycles. The number of aryl methyl sites for hydroxylation is 1. The van der Waals surface area contributed by atoms with Gasteiger partial charge in [-0.05, 0) is 49.4 Å². The summed E-state index contributed by atoms with van der Waals surface area (Å²) in [5.74, 6) is -1.93. The Morgan fingerprint density at radius 1 is 1.22 bits per heavy atom. The van der Waals surface area contributed by atoms with Crippen molar-refractivity contribution in [3.05, 3.63) is 59.3 Å². The van der Waals surface area contributed by atoms with E-state index >= 15 is 0 Å². The van der Waals surface area contributed by atoms with Gasteiger partial charge in [0.25, 0.3) is 0 Å². The lowest BCUT2D eigenvalue weighted by atomic mass is 9.68. The van der Waals surface area contributed by atoms with Gasteiger partial charge in [-0.15, -0.1) is 0 Å². The van der Waals surface area contributed by atoms with Gasteiger partial charge in [-0.2, -0.15) is 13.2 Å². The second-order valence-corrected chi connectivity index (χ2v) is 8.24. The minimum Gasteiger partial charge on any atom is -0.505 e. The highest BCUT2D eigenvalue weighted by molar-refractivity contribution is 5.91. The van der Waals surface area contributed by atoms with Crippen LogP contribution in [0.3, 0.4) is 0 Å². The molecule has 1 aliphatic carbocycles. The average Bonchev–Trinajstić information content (AvgIpc) is 2.72. The summed E-state index contributed by atoms with van der Waals surface area (Å²) in [7, 11) is 0. The molecule has 32 heavy (non-hydrogen) atoms. The van der Waals surface area contributed by atoms with Gasteiger partial charge in [0, 0.05) is 22.8 Å². The van der Waals surface area contributed by atoms with E-state index in [9.17, 15) is 27.8 Å². The van der Waals surface area contributed by atoms with Crippen LogP contribution in [0.4, 0.5) is 23.2 Å². The Balaban J connectivity index is 1.92. The van der Waals surface area contributed by atoms with Crippen LogP contribution in [0, 0.1) is 12.7 Å². The Morgan fingerprint density at radius 3 is 2.66 bits per heavy atom. The van der Waals surface area contributed by atoms with Crippen LogP contribution < -0.4 is 5.32 Å². The highest BCUT2D eigenvalue weighted by Gasteiger charge is 2.62. The van der Waals surface area contributed by atoms with Gasteiger partial charge in [0.15, 0.2) is 17.2 Å². The van der Waals surface area contributed by atoms with Gasteiger partial charge >= 0.3 is 6.18 Å². The fourth-order valence-electron chi connectivity index (χ4n) is 4.63. The zero-order valence-corrected chi connectivity index (χ0v) is 17.5. The predicted molar refractivity (Wildman–Crippen MR) is 112 cm³/mol. The van der Waals surface area contributed by atoms with E-state index in [1.165, 1.54) is 12.3 Å². The van der Waals surface area contributed by atoms with Gasteiger partial charge in [0.1, 0.15) is 5.82 Å². The summed E-state index contributed by atoms with van der Waals surface area (Å²) in [6.45, 7) is 3.48. The molecule has 3 N–H and O–H groups in total. The minimum atomic E-state index is -4.98. The van der Waals surface area contributed by atoms with Crippen LogP contribution in [0.2, 0.25) is 0 Å². The summed E-state index contributed by atoms with van der Waals surface area (Å²) in [5.41, 5.74) is -2.21. The molecule has 2 aromatic carbocycles. The van der Waals surface area contributed by atoms with Crippen molar-refractivity contribution in [3.63, 3.8) is 0 Å². The van der Waals surface area contributed by atoms with E-state index in [2.05, 4.69) is 15.3 Å². The molecule has 170 valence electrons.